The van der Waals surface area contributed by atoms with E-state index in [0.717, 1.165) is 17.0 Å². The molecule has 7 nitrogen and oxygen atoms in total. The van der Waals surface area contributed by atoms with Gasteiger partial charge in [0.25, 0.3) is 0 Å². The summed E-state index contributed by atoms with van der Waals surface area (Å²) in [6.45, 7) is 2.02. The molecular formula is C22H24N4O3. The third-order valence-corrected chi connectivity index (χ3v) is 4.77. The van der Waals surface area contributed by atoms with E-state index in [1.54, 1.807) is 31.3 Å². The third kappa shape index (κ3) is 5.28. The van der Waals surface area contributed by atoms with Crippen molar-refractivity contribution in [3.8, 4) is 0 Å². The van der Waals surface area contributed by atoms with Crippen molar-refractivity contribution < 1.29 is 14.4 Å². The summed E-state index contributed by atoms with van der Waals surface area (Å²) in [5.41, 5.74) is 3.26. The monoisotopic (exact) mass is 392 g/mol. The van der Waals surface area contributed by atoms with Gasteiger partial charge in [-0.15, -0.1) is 0 Å². The third-order valence-electron chi connectivity index (χ3n) is 4.77. The zero-order chi connectivity index (χ0) is 20.8. The predicted molar refractivity (Wildman–Crippen MR) is 113 cm³/mol. The highest BCUT2D eigenvalue weighted by Crippen LogP contribution is 2.18. The minimum absolute atomic E-state index is 0.0692. The van der Waals surface area contributed by atoms with Crippen LogP contribution in [0.2, 0.25) is 0 Å². The molecule has 2 aromatic rings. The molecule has 2 aromatic carbocycles. The number of carbonyl (C=O) groups excluding carboxylic acids is 3. The van der Waals surface area contributed by atoms with E-state index in [4.69, 9.17) is 0 Å². The molecule has 0 saturated heterocycles. The summed E-state index contributed by atoms with van der Waals surface area (Å²) in [5, 5.41) is 8.61. The summed E-state index contributed by atoms with van der Waals surface area (Å²) in [6.07, 6.45) is 0.895. The van der Waals surface area contributed by atoms with Crippen molar-refractivity contribution in [1.82, 2.24) is 5.01 Å². The molecule has 3 rings (SSSR count). The van der Waals surface area contributed by atoms with Crippen molar-refractivity contribution in [2.24, 2.45) is 5.10 Å². The van der Waals surface area contributed by atoms with Gasteiger partial charge in [0.2, 0.25) is 17.7 Å². The minimum atomic E-state index is -0.238. The van der Waals surface area contributed by atoms with E-state index in [1.165, 1.54) is 16.8 Å². The molecule has 0 radical (unpaired) electrons. The van der Waals surface area contributed by atoms with Gasteiger partial charge in [0.15, 0.2) is 0 Å². The highest BCUT2D eigenvalue weighted by Gasteiger charge is 2.21. The topological polar surface area (TPSA) is 82.1 Å². The number of hydrogen-bond donors (Lipinski definition) is 1. The molecule has 1 heterocycles. The number of hydrazone groups is 1. The average molecular weight is 392 g/mol. The summed E-state index contributed by atoms with van der Waals surface area (Å²) < 4.78 is 0. The zero-order valence-electron chi connectivity index (χ0n) is 16.6. The molecule has 29 heavy (non-hydrogen) atoms. The van der Waals surface area contributed by atoms with Crippen molar-refractivity contribution in [2.75, 3.05) is 23.8 Å². The molecule has 7 heteroatoms. The second kappa shape index (κ2) is 9.14. The normalized spacial score (nSPS) is 13.0. The van der Waals surface area contributed by atoms with Crippen molar-refractivity contribution in [3.63, 3.8) is 0 Å². The van der Waals surface area contributed by atoms with Gasteiger partial charge in [0.05, 0.1) is 12.3 Å². The van der Waals surface area contributed by atoms with Crippen LogP contribution in [0, 0.1) is 0 Å². The summed E-state index contributed by atoms with van der Waals surface area (Å²) in [4.78, 5) is 37.4. The SMILES string of the molecule is CC(=O)N(C)c1ccc(NC(=O)CCC(=O)N2CCC(c3ccccc3)=N2)cc1. The van der Waals surface area contributed by atoms with E-state index < -0.39 is 0 Å². The van der Waals surface area contributed by atoms with Crippen molar-refractivity contribution in [3.05, 3.63) is 60.2 Å². The summed E-state index contributed by atoms with van der Waals surface area (Å²) in [5.74, 6) is -0.470. The first kappa shape index (κ1) is 20.3. The van der Waals surface area contributed by atoms with Gasteiger partial charge in [-0.3, -0.25) is 14.4 Å². The number of rotatable bonds is 6. The standard InChI is InChI=1S/C22H24N4O3/c1-16(27)25(2)19-10-8-18(9-11-19)23-21(28)12-13-22(29)26-15-14-20(24-26)17-6-4-3-5-7-17/h3-11H,12-15H2,1-2H3,(H,23,28). The van der Waals surface area contributed by atoms with Crippen LogP contribution < -0.4 is 10.2 Å². The molecule has 1 aliphatic heterocycles. The van der Waals surface area contributed by atoms with Crippen LogP contribution in [-0.4, -0.2) is 42.0 Å². The number of hydrogen-bond acceptors (Lipinski definition) is 4. The van der Waals surface area contributed by atoms with Crippen molar-refractivity contribution in [2.45, 2.75) is 26.2 Å². The Bertz CT molecular complexity index is 923. The smallest absolute Gasteiger partial charge is 0.243 e. The first-order chi connectivity index (χ1) is 13.9. The molecule has 0 unspecified atom stereocenters. The van der Waals surface area contributed by atoms with Gasteiger partial charge in [-0.25, -0.2) is 5.01 Å². The van der Waals surface area contributed by atoms with Gasteiger partial charge < -0.3 is 10.2 Å². The number of benzene rings is 2. The maximum Gasteiger partial charge on any atom is 0.243 e. The predicted octanol–water partition coefficient (Wildman–Crippen LogP) is 3.02. The van der Waals surface area contributed by atoms with Gasteiger partial charge in [-0.1, -0.05) is 30.3 Å². The zero-order valence-corrected chi connectivity index (χ0v) is 16.6. The Labute approximate surface area is 170 Å². The van der Waals surface area contributed by atoms with E-state index in [9.17, 15) is 14.4 Å². The molecule has 1 N–H and O–H groups in total. The number of carbonyl (C=O) groups is 3. The van der Waals surface area contributed by atoms with Crippen LogP contribution in [0.1, 0.15) is 31.7 Å². The highest BCUT2D eigenvalue weighted by molar-refractivity contribution is 6.03. The Morgan fingerprint density at radius 3 is 2.38 bits per heavy atom. The van der Waals surface area contributed by atoms with Gasteiger partial charge in [0.1, 0.15) is 0 Å². The van der Waals surface area contributed by atoms with Crippen LogP contribution in [-0.2, 0) is 14.4 Å². The number of anilines is 2. The average Bonchev–Trinajstić information content (AvgIpc) is 3.23. The van der Waals surface area contributed by atoms with Crippen LogP contribution >= 0.6 is 0 Å². The van der Waals surface area contributed by atoms with E-state index >= 15 is 0 Å². The molecule has 0 aliphatic carbocycles. The van der Waals surface area contributed by atoms with E-state index in [-0.39, 0.29) is 30.6 Å². The summed E-state index contributed by atoms with van der Waals surface area (Å²) >= 11 is 0. The fourth-order valence-corrected chi connectivity index (χ4v) is 2.99. The number of amides is 3. The molecule has 0 saturated carbocycles. The van der Waals surface area contributed by atoms with Gasteiger partial charge in [-0.05, 0) is 29.8 Å². The summed E-state index contributed by atoms with van der Waals surface area (Å²) in [6, 6.07) is 16.7. The van der Waals surface area contributed by atoms with Gasteiger partial charge in [0, 0.05) is 44.6 Å². The van der Waals surface area contributed by atoms with Crippen LogP contribution in [0.3, 0.4) is 0 Å². The lowest BCUT2D eigenvalue weighted by Gasteiger charge is -2.15. The Balaban J connectivity index is 1.49. The maximum absolute atomic E-state index is 12.4. The van der Waals surface area contributed by atoms with Gasteiger partial charge >= 0.3 is 0 Å². The highest BCUT2D eigenvalue weighted by atomic mass is 16.2. The Hall–Kier alpha value is -3.48. The maximum atomic E-state index is 12.4. The second-order valence-corrected chi connectivity index (χ2v) is 6.85. The first-order valence-electron chi connectivity index (χ1n) is 9.51. The van der Waals surface area contributed by atoms with Crippen LogP contribution in [0.25, 0.3) is 0 Å². The first-order valence-corrected chi connectivity index (χ1v) is 9.51. The number of nitrogens with zero attached hydrogens (tertiary/aromatic N) is 3. The van der Waals surface area contributed by atoms with Crippen LogP contribution in [0.15, 0.2) is 59.7 Å². The molecule has 0 bridgehead atoms. The fraction of sp³-hybridized carbons (Fsp3) is 0.273. The second-order valence-electron chi connectivity index (χ2n) is 6.85. The molecule has 0 spiro atoms. The molecule has 0 fully saturated rings. The molecular weight excluding hydrogens is 368 g/mol. The van der Waals surface area contributed by atoms with Crippen molar-refractivity contribution in [1.29, 1.82) is 0 Å². The van der Waals surface area contributed by atoms with E-state index in [0.29, 0.717) is 18.7 Å². The number of nitrogens with one attached hydrogen (secondary N) is 1. The lowest BCUT2D eigenvalue weighted by Crippen LogP contribution is -2.25. The quantitative estimate of drug-likeness (QED) is 0.820. The fourth-order valence-electron chi connectivity index (χ4n) is 2.99. The van der Waals surface area contributed by atoms with E-state index in [2.05, 4.69) is 10.4 Å². The molecule has 150 valence electrons. The largest absolute Gasteiger partial charge is 0.326 e. The minimum Gasteiger partial charge on any atom is -0.326 e. The lowest BCUT2D eigenvalue weighted by atomic mass is 10.1. The lowest BCUT2D eigenvalue weighted by molar-refractivity contribution is -0.132. The molecule has 3 amide bonds. The molecule has 0 atom stereocenters. The summed E-state index contributed by atoms with van der Waals surface area (Å²) in [7, 11) is 1.69. The van der Waals surface area contributed by atoms with Crippen molar-refractivity contribution >= 4 is 34.8 Å². The Morgan fingerprint density at radius 1 is 1.03 bits per heavy atom. The van der Waals surface area contributed by atoms with Crippen LogP contribution in [0.4, 0.5) is 11.4 Å². The molecule has 0 aromatic heterocycles. The molecule has 1 aliphatic rings. The van der Waals surface area contributed by atoms with E-state index in [1.807, 2.05) is 30.3 Å². The Kier molecular flexibility index (Phi) is 6.39. The van der Waals surface area contributed by atoms with Gasteiger partial charge in [-0.2, -0.15) is 5.10 Å². The van der Waals surface area contributed by atoms with Crippen LogP contribution in [0.5, 0.6) is 0 Å². The Morgan fingerprint density at radius 2 is 1.72 bits per heavy atom.